The predicted octanol–water partition coefficient (Wildman–Crippen LogP) is 1.01. The van der Waals surface area contributed by atoms with Crippen LogP contribution in [0.3, 0.4) is 0 Å². The molecule has 1 N–H and O–H groups in total. The number of unbranched alkanes of at least 4 members (excludes halogenated alkanes) is 1. The van der Waals surface area contributed by atoms with Crippen LogP contribution in [0.25, 0.3) is 0 Å². The summed E-state index contributed by atoms with van der Waals surface area (Å²) in [4.78, 5) is 11.7. The molecule has 0 aliphatic carbocycles. The lowest BCUT2D eigenvalue weighted by Crippen LogP contribution is -2.48. The minimum absolute atomic E-state index is 0.222. The van der Waals surface area contributed by atoms with Crippen LogP contribution < -0.4 is 5.32 Å². The summed E-state index contributed by atoms with van der Waals surface area (Å²) in [6.07, 6.45) is 1.45. The van der Waals surface area contributed by atoms with E-state index in [9.17, 15) is 13.2 Å². The lowest BCUT2D eigenvalue weighted by atomic mass is 10.2. The van der Waals surface area contributed by atoms with Crippen LogP contribution in [0.1, 0.15) is 33.6 Å². The Morgan fingerprint density at radius 3 is 2.64 bits per heavy atom. The first-order chi connectivity index (χ1) is 10.1. The van der Waals surface area contributed by atoms with E-state index in [4.69, 9.17) is 18.4 Å². The van der Waals surface area contributed by atoms with Gasteiger partial charge in [-0.25, -0.2) is 4.79 Å². The number of carbonyl (C=O) groups is 1. The summed E-state index contributed by atoms with van der Waals surface area (Å²) >= 11 is 0. The summed E-state index contributed by atoms with van der Waals surface area (Å²) in [5.74, 6) is -0.790. The molecule has 0 aromatic heterocycles. The molecule has 1 aliphatic rings. The second kappa shape index (κ2) is 8.09. The van der Waals surface area contributed by atoms with Crippen molar-refractivity contribution in [3.8, 4) is 0 Å². The summed E-state index contributed by atoms with van der Waals surface area (Å²) in [5.41, 5.74) is 0. The quantitative estimate of drug-likeness (QED) is 0.520. The van der Waals surface area contributed by atoms with Crippen LogP contribution in [0.4, 0.5) is 4.79 Å². The van der Waals surface area contributed by atoms with Gasteiger partial charge >= 0.3 is 6.09 Å². The van der Waals surface area contributed by atoms with E-state index < -0.39 is 34.1 Å². The molecule has 1 saturated heterocycles. The normalized spacial score (nSPS) is 22.3. The van der Waals surface area contributed by atoms with Gasteiger partial charge in [-0.1, -0.05) is 13.3 Å². The molecule has 1 aliphatic heterocycles. The molecule has 0 radical (unpaired) electrons. The van der Waals surface area contributed by atoms with E-state index in [0.29, 0.717) is 6.61 Å². The van der Waals surface area contributed by atoms with Crippen LogP contribution in [0, 0.1) is 0 Å². The Kier molecular flexibility index (Phi) is 7.04. The van der Waals surface area contributed by atoms with Crippen LogP contribution in [0.5, 0.6) is 0 Å². The average molecular weight is 339 g/mol. The van der Waals surface area contributed by atoms with Crippen LogP contribution >= 0.6 is 0 Å². The van der Waals surface area contributed by atoms with Gasteiger partial charge in [-0.3, -0.25) is 4.18 Å². The summed E-state index contributed by atoms with van der Waals surface area (Å²) in [7, 11) is -3.62. The van der Waals surface area contributed by atoms with Crippen LogP contribution in [-0.2, 0) is 28.5 Å². The molecule has 0 unspecified atom stereocenters. The zero-order valence-corrected chi connectivity index (χ0v) is 14.3. The van der Waals surface area contributed by atoms with Gasteiger partial charge in [0.15, 0.2) is 5.79 Å². The molecule has 0 spiro atoms. The van der Waals surface area contributed by atoms with E-state index in [-0.39, 0.29) is 13.2 Å². The van der Waals surface area contributed by atoms with Gasteiger partial charge in [-0.15, -0.1) is 0 Å². The summed E-state index contributed by atoms with van der Waals surface area (Å²) < 4.78 is 43.1. The fourth-order valence-electron chi connectivity index (χ4n) is 1.85. The van der Waals surface area contributed by atoms with Gasteiger partial charge in [0.1, 0.15) is 6.10 Å². The van der Waals surface area contributed by atoms with E-state index in [1.165, 1.54) is 0 Å². The van der Waals surface area contributed by atoms with Gasteiger partial charge in [-0.05, 0) is 20.3 Å². The Balaban J connectivity index is 2.60. The molecule has 22 heavy (non-hydrogen) atoms. The van der Waals surface area contributed by atoms with Crippen molar-refractivity contribution in [1.29, 1.82) is 0 Å². The van der Waals surface area contributed by atoms with Gasteiger partial charge in [-0.2, -0.15) is 8.42 Å². The smallest absolute Gasteiger partial charge is 0.407 e. The van der Waals surface area contributed by atoms with Crippen molar-refractivity contribution >= 4 is 16.2 Å². The van der Waals surface area contributed by atoms with Crippen molar-refractivity contribution in [2.24, 2.45) is 0 Å². The van der Waals surface area contributed by atoms with Gasteiger partial charge < -0.3 is 19.5 Å². The number of amides is 1. The third kappa shape index (κ3) is 7.39. The van der Waals surface area contributed by atoms with Crippen molar-refractivity contribution in [3.63, 3.8) is 0 Å². The molecule has 1 fully saturated rings. The molecule has 8 nitrogen and oxygen atoms in total. The van der Waals surface area contributed by atoms with Crippen molar-refractivity contribution in [2.75, 3.05) is 26.1 Å². The molecule has 1 heterocycles. The fourth-order valence-corrected chi connectivity index (χ4v) is 2.25. The van der Waals surface area contributed by atoms with Crippen molar-refractivity contribution in [2.45, 2.75) is 51.5 Å². The maximum atomic E-state index is 11.7. The molecular formula is C13H25NO7S. The second-order valence-electron chi connectivity index (χ2n) is 5.60. The predicted molar refractivity (Wildman–Crippen MR) is 78.9 cm³/mol. The highest BCUT2D eigenvalue weighted by molar-refractivity contribution is 7.85. The van der Waals surface area contributed by atoms with Gasteiger partial charge in [0.25, 0.3) is 10.1 Å². The van der Waals surface area contributed by atoms with Crippen LogP contribution in [0.2, 0.25) is 0 Å². The lowest BCUT2D eigenvalue weighted by Gasteiger charge is -2.24. The average Bonchev–Trinajstić information content (AvgIpc) is 2.74. The summed E-state index contributed by atoms with van der Waals surface area (Å²) in [6.45, 7) is 5.74. The lowest BCUT2D eigenvalue weighted by molar-refractivity contribution is -0.142. The third-order valence-electron chi connectivity index (χ3n) is 2.98. The number of nitrogens with one attached hydrogen (secondary N) is 1. The number of hydrogen-bond donors (Lipinski definition) is 1. The number of ether oxygens (including phenoxy) is 3. The summed E-state index contributed by atoms with van der Waals surface area (Å²) in [5, 5.41) is 2.57. The Morgan fingerprint density at radius 2 is 2.14 bits per heavy atom. The largest absolute Gasteiger partial charge is 0.450 e. The van der Waals surface area contributed by atoms with Crippen LogP contribution in [-0.4, -0.2) is 58.5 Å². The number of hydrogen-bond acceptors (Lipinski definition) is 7. The van der Waals surface area contributed by atoms with E-state index >= 15 is 0 Å². The van der Waals surface area contributed by atoms with Gasteiger partial charge in [0.05, 0.1) is 32.1 Å². The monoisotopic (exact) mass is 339 g/mol. The number of alkyl carbamates (subject to hydrolysis) is 1. The highest BCUT2D eigenvalue weighted by atomic mass is 32.2. The molecule has 0 aromatic carbocycles. The molecule has 1 rings (SSSR count). The zero-order chi connectivity index (χ0) is 16.8. The van der Waals surface area contributed by atoms with E-state index in [2.05, 4.69) is 5.32 Å². The first kappa shape index (κ1) is 19.1. The molecule has 2 atom stereocenters. The van der Waals surface area contributed by atoms with E-state index in [1.54, 1.807) is 13.8 Å². The highest BCUT2D eigenvalue weighted by Crippen LogP contribution is 2.24. The fraction of sp³-hybridized carbons (Fsp3) is 0.923. The number of rotatable bonds is 8. The minimum Gasteiger partial charge on any atom is -0.450 e. The van der Waals surface area contributed by atoms with Gasteiger partial charge in [0.2, 0.25) is 0 Å². The van der Waals surface area contributed by atoms with Crippen LogP contribution in [0.15, 0.2) is 0 Å². The molecule has 0 aromatic rings. The van der Waals surface area contributed by atoms with Crippen molar-refractivity contribution in [3.05, 3.63) is 0 Å². The number of carbonyl (C=O) groups excluding carboxylic acids is 1. The molecule has 0 bridgehead atoms. The maximum Gasteiger partial charge on any atom is 0.407 e. The maximum absolute atomic E-state index is 11.7. The van der Waals surface area contributed by atoms with Crippen molar-refractivity contribution in [1.82, 2.24) is 5.32 Å². The van der Waals surface area contributed by atoms with Gasteiger partial charge in [0, 0.05) is 0 Å². The minimum atomic E-state index is -3.62. The topological polar surface area (TPSA) is 100 Å². The Bertz CT molecular complexity index is 463. The Hall–Kier alpha value is -0.900. The Morgan fingerprint density at radius 1 is 1.45 bits per heavy atom. The molecule has 0 saturated carbocycles. The molecular weight excluding hydrogens is 314 g/mol. The molecule has 1 amide bonds. The summed E-state index contributed by atoms with van der Waals surface area (Å²) in [6, 6.07) is -0.689. The molecule has 9 heteroatoms. The third-order valence-corrected chi connectivity index (χ3v) is 3.54. The first-order valence-electron chi connectivity index (χ1n) is 7.22. The SMILES string of the molecule is CCCCOC(=O)N[C@@H](COS(C)(=O)=O)[C@@H]1COC(C)(C)O1. The first-order valence-corrected chi connectivity index (χ1v) is 9.04. The Labute approximate surface area is 131 Å². The van der Waals surface area contributed by atoms with Crippen molar-refractivity contribution < 1.29 is 31.6 Å². The van der Waals surface area contributed by atoms with E-state index in [0.717, 1.165) is 19.1 Å². The zero-order valence-electron chi connectivity index (χ0n) is 13.5. The highest BCUT2D eigenvalue weighted by Gasteiger charge is 2.38. The second-order valence-corrected chi connectivity index (χ2v) is 7.24. The van der Waals surface area contributed by atoms with E-state index in [1.807, 2.05) is 6.92 Å². The molecule has 130 valence electrons. The standard InChI is InChI=1S/C13H25NO7S/c1-5-6-7-18-12(15)14-10(8-20-22(4,16)17)11-9-19-13(2,3)21-11/h10-11H,5-9H2,1-4H3,(H,14,15)/t10-,11-/m0/s1.